The fourth-order valence-corrected chi connectivity index (χ4v) is 2.98. The summed E-state index contributed by atoms with van der Waals surface area (Å²) in [6, 6.07) is 12.9. The first-order valence-corrected chi connectivity index (χ1v) is 8.06. The largest absolute Gasteiger partial charge is 0.304 e. The summed E-state index contributed by atoms with van der Waals surface area (Å²) in [5.74, 6) is 0. The highest BCUT2D eigenvalue weighted by molar-refractivity contribution is 5.61. The molecule has 1 saturated heterocycles. The third kappa shape index (κ3) is 3.54. The zero-order valence-corrected chi connectivity index (χ0v) is 13.8. The van der Waals surface area contributed by atoms with E-state index in [0.717, 1.165) is 31.0 Å². The van der Waals surface area contributed by atoms with Crippen molar-refractivity contribution in [2.45, 2.75) is 20.4 Å². The molecule has 1 aromatic heterocycles. The lowest BCUT2D eigenvalue weighted by Gasteiger charge is -2.32. The van der Waals surface area contributed by atoms with E-state index in [1.165, 1.54) is 29.8 Å². The number of hydrogen-bond acceptors (Lipinski definition) is 3. The van der Waals surface area contributed by atoms with Crippen LogP contribution in [-0.4, -0.2) is 48.0 Å². The van der Waals surface area contributed by atoms with Crippen LogP contribution in [0, 0.1) is 13.8 Å². The molecule has 1 fully saturated rings. The third-order valence-electron chi connectivity index (χ3n) is 4.52. The Bertz CT molecular complexity index is 643. The molecule has 0 saturated carbocycles. The number of nitrogens with zero attached hydrogens (tertiary/aromatic N) is 3. The van der Waals surface area contributed by atoms with Crippen LogP contribution in [0.2, 0.25) is 0 Å². The SMILES string of the molecule is Cc1cccc(-c2ccc(CN3CCN(C)CC3)c(C)c2)n1. The molecule has 0 bridgehead atoms. The molecule has 0 amide bonds. The van der Waals surface area contributed by atoms with Crippen molar-refractivity contribution >= 4 is 0 Å². The fraction of sp³-hybridized carbons (Fsp3) is 0.421. The third-order valence-corrected chi connectivity index (χ3v) is 4.52. The first kappa shape index (κ1) is 15.2. The zero-order chi connectivity index (χ0) is 15.5. The molecule has 22 heavy (non-hydrogen) atoms. The molecule has 116 valence electrons. The normalized spacial score (nSPS) is 16.9. The van der Waals surface area contributed by atoms with Crippen LogP contribution >= 0.6 is 0 Å². The number of aromatic nitrogens is 1. The van der Waals surface area contributed by atoms with Crippen LogP contribution in [0.1, 0.15) is 16.8 Å². The van der Waals surface area contributed by atoms with Gasteiger partial charge in [0.2, 0.25) is 0 Å². The van der Waals surface area contributed by atoms with E-state index in [2.05, 4.69) is 59.1 Å². The maximum atomic E-state index is 4.62. The highest BCUT2D eigenvalue weighted by Gasteiger charge is 2.14. The van der Waals surface area contributed by atoms with Crippen LogP contribution in [-0.2, 0) is 6.54 Å². The van der Waals surface area contributed by atoms with Gasteiger partial charge in [0.05, 0.1) is 5.69 Å². The molecular formula is C19H25N3. The molecule has 1 aliphatic heterocycles. The van der Waals surface area contributed by atoms with Gasteiger partial charge < -0.3 is 4.90 Å². The molecular weight excluding hydrogens is 270 g/mol. The molecule has 1 aromatic carbocycles. The predicted octanol–water partition coefficient (Wildman–Crippen LogP) is 3.11. The summed E-state index contributed by atoms with van der Waals surface area (Å²) in [5, 5.41) is 0. The summed E-state index contributed by atoms with van der Waals surface area (Å²) in [6.45, 7) is 9.98. The lowest BCUT2D eigenvalue weighted by Crippen LogP contribution is -2.43. The van der Waals surface area contributed by atoms with Crippen molar-refractivity contribution in [3.63, 3.8) is 0 Å². The van der Waals surface area contributed by atoms with Gasteiger partial charge in [-0.05, 0) is 50.2 Å². The number of hydrogen-bond donors (Lipinski definition) is 0. The molecule has 3 nitrogen and oxygen atoms in total. The highest BCUT2D eigenvalue weighted by atomic mass is 15.2. The van der Waals surface area contributed by atoms with Crippen LogP contribution in [0.15, 0.2) is 36.4 Å². The molecule has 3 heteroatoms. The summed E-state index contributed by atoms with van der Waals surface area (Å²) >= 11 is 0. The smallest absolute Gasteiger partial charge is 0.0705 e. The van der Waals surface area contributed by atoms with Gasteiger partial charge in [-0.15, -0.1) is 0 Å². The number of likely N-dealkylation sites (N-methyl/N-ethyl adjacent to an activating group) is 1. The topological polar surface area (TPSA) is 19.4 Å². The minimum Gasteiger partial charge on any atom is -0.304 e. The quantitative estimate of drug-likeness (QED) is 0.867. The van der Waals surface area contributed by atoms with Gasteiger partial charge in [0, 0.05) is 44.0 Å². The molecule has 2 heterocycles. The second kappa shape index (κ2) is 6.59. The van der Waals surface area contributed by atoms with E-state index in [-0.39, 0.29) is 0 Å². The Hall–Kier alpha value is -1.71. The lowest BCUT2D eigenvalue weighted by atomic mass is 10.0. The van der Waals surface area contributed by atoms with E-state index in [1.54, 1.807) is 0 Å². The summed E-state index contributed by atoms with van der Waals surface area (Å²) in [7, 11) is 2.20. The van der Waals surface area contributed by atoms with Gasteiger partial charge in [-0.25, -0.2) is 0 Å². The summed E-state index contributed by atoms with van der Waals surface area (Å²) in [6.07, 6.45) is 0. The minimum atomic E-state index is 1.06. The Balaban J connectivity index is 1.75. The predicted molar refractivity (Wildman–Crippen MR) is 91.9 cm³/mol. The summed E-state index contributed by atoms with van der Waals surface area (Å²) < 4.78 is 0. The molecule has 0 aliphatic carbocycles. The minimum absolute atomic E-state index is 1.06. The molecule has 0 N–H and O–H groups in total. The van der Waals surface area contributed by atoms with Gasteiger partial charge in [-0.1, -0.05) is 18.2 Å². The van der Waals surface area contributed by atoms with Gasteiger partial charge in [0.15, 0.2) is 0 Å². The summed E-state index contributed by atoms with van der Waals surface area (Å²) in [5.41, 5.74) is 6.13. The van der Waals surface area contributed by atoms with Crippen molar-refractivity contribution < 1.29 is 0 Å². The first-order valence-electron chi connectivity index (χ1n) is 8.06. The van der Waals surface area contributed by atoms with Crippen LogP contribution in [0.5, 0.6) is 0 Å². The second-order valence-corrected chi connectivity index (χ2v) is 6.38. The van der Waals surface area contributed by atoms with Gasteiger partial charge in [-0.2, -0.15) is 0 Å². The van der Waals surface area contributed by atoms with Crippen molar-refractivity contribution in [2.24, 2.45) is 0 Å². The van der Waals surface area contributed by atoms with E-state index < -0.39 is 0 Å². The standard InChI is InChI=1S/C19H25N3/c1-15-13-17(19-6-4-5-16(2)20-19)7-8-18(15)14-22-11-9-21(3)10-12-22/h4-8,13H,9-12,14H2,1-3H3. The second-order valence-electron chi connectivity index (χ2n) is 6.38. The molecule has 1 aliphatic rings. The van der Waals surface area contributed by atoms with Crippen molar-refractivity contribution in [3.8, 4) is 11.3 Å². The number of pyridine rings is 1. The van der Waals surface area contributed by atoms with E-state index in [1.807, 2.05) is 13.0 Å². The van der Waals surface area contributed by atoms with Crippen molar-refractivity contribution in [3.05, 3.63) is 53.2 Å². The maximum Gasteiger partial charge on any atom is 0.0705 e. The monoisotopic (exact) mass is 295 g/mol. The van der Waals surface area contributed by atoms with Gasteiger partial charge in [0.1, 0.15) is 0 Å². The Morgan fingerprint density at radius 1 is 1.00 bits per heavy atom. The van der Waals surface area contributed by atoms with Crippen molar-refractivity contribution in [1.29, 1.82) is 0 Å². The van der Waals surface area contributed by atoms with Crippen molar-refractivity contribution in [2.75, 3.05) is 33.2 Å². The average Bonchev–Trinajstić information content (AvgIpc) is 2.51. The van der Waals surface area contributed by atoms with E-state index >= 15 is 0 Å². The Kier molecular flexibility index (Phi) is 4.55. The molecule has 0 spiro atoms. The fourth-order valence-electron chi connectivity index (χ4n) is 2.98. The van der Waals surface area contributed by atoms with Gasteiger partial charge in [0.25, 0.3) is 0 Å². The Morgan fingerprint density at radius 3 is 2.45 bits per heavy atom. The number of rotatable bonds is 3. The number of aryl methyl sites for hydroxylation is 2. The maximum absolute atomic E-state index is 4.62. The molecule has 0 atom stereocenters. The van der Waals surface area contributed by atoms with Gasteiger partial charge >= 0.3 is 0 Å². The summed E-state index contributed by atoms with van der Waals surface area (Å²) in [4.78, 5) is 9.57. The van der Waals surface area contributed by atoms with E-state index in [0.29, 0.717) is 0 Å². The van der Waals surface area contributed by atoms with E-state index in [9.17, 15) is 0 Å². The first-order chi connectivity index (χ1) is 10.6. The average molecular weight is 295 g/mol. The molecule has 3 rings (SSSR count). The Morgan fingerprint density at radius 2 is 1.77 bits per heavy atom. The molecule has 2 aromatic rings. The molecule has 0 unspecified atom stereocenters. The van der Waals surface area contributed by atoms with Crippen LogP contribution in [0.25, 0.3) is 11.3 Å². The Labute approximate surface area is 133 Å². The number of piperazine rings is 1. The number of benzene rings is 1. The van der Waals surface area contributed by atoms with Crippen LogP contribution < -0.4 is 0 Å². The highest BCUT2D eigenvalue weighted by Crippen LogP contribution is 2.22. The lowest BCUT2D eigenvalue weighted by molar-refractivity contribution is 0.148. The van der Waals surface area contributed by atoms with Crippen molar-refractivity contribution in [1.82, 2.24) is 14.8 Å². The van der Waals surface area contributed by atoms with Crippen LogP contribution in [0.4, 0.5) is 0 Å². The zero-order valence-electron chi connectivity index (χ0n) is 13.8. The van der Waals surface area contributed by atoms with E-state index in [4.69, 9.17) is 0 Å². The van der Waals surface area contributed by atoms with Crippen LogP contribution in [0.3, 0.4) is 0 Å². The molecule has 0 radical (unpaired) electrons. The van der Waals surface area contributed by atoms with Gasteiger partial charge in [-0.3, -0.25) is 9.88 Å².